The van der Waals surface area contributed by atoms with Crippen LogP contribution in [0.15, 0.2) is 29.4 Å². The summed E-state index contributed by atoms with van der Waals surface area (Å²) >= 11 is 1.42. The summed E-state index contributed by atoms with van der Waals surface area (Å²) in [4.78, 5) is 0. The average molecular weight is 258 g/mol. The van der Waals surface area contributed by atoms with Crippen molar-refractivity contribution in [2.45, 2.75) is 24.3 Å². The van der Waals surface area contributed by atoms with Gasteiger partial charge in [0.2, 0.25) is 0 Å². The molecule has 4 nitrogen and oxygen atoms in total. The third kappa shape index (κ3) is 2.39. The predicted molar refractivity (Wildman–Crippen MR) is 72.1 cm³/mol. The van der Waals surface area contributed by atoms with Gasteiger partial charge in [0.25, 0.3) is 0 Å². The first-order valence-electron chi connectivity index (χ1n) is 5.65. The first kappa shape index (κ1) is 12.7. The molecule has 0 radical (unpaired) electrons. The molecule has 5 heteroatoms. The third-order valence-corrected chi connectivity index (χ3v) is 3.71. The van der Waals surface area contributed by atoms with Crippen molar-refractivity contribution in [2.75, 3.05) is 0 Å². The maximum Gasteiger partial charge on any atom is 0.192 e. The van der Waals surface area contributed by atoms with E-state index in [0.29, 0.717) is 0 Å². The van der Waals surface area contributed by atoms with Crippen LogP contribution in [0.25, 0.3) is 11.4 Å². The van der Waals surface area contributed by atoms with Crippen LogP contribution in [-0.4, -0.2) is 20.0 Å². The van der Waals surface area contributed by atoms with E-state index in [0.717, 1.165) is 22.1 Å². The van der Waals surface area contributed by atoms with Gasteiger partial charge in [-0.05, 0) is 19.4 Å². The second kappa shape index (κ2) is 5.23. The molecule has 0 aliphatic heterocycles. The minimum Gasteiger partial charge on any atom is -0.305 e. The normalized spacial score (nSPS) is 12.1. The molecule has 92 valence electrons. The third-order valence-electron chi connectivity index (χ3n) is 2.68. The van der Waals surface area contributed by atoms with E-state index >= 15 is 0 Å². The van der Waals surface area contributed by atoms with Gasteiger partial charge in [-0.25, -0.2) is 0 Å². The highest BCUT2D eigenvalue weighted by Gasteiger charge is 2.14. The summed E-state index contributed by atoms with van der Waals surface area (Å²) in [5.74, 6) is 0.834. The van der Waals surface area contributed by atoms with Crippen molar-refractivity contribution in [1.29, 1.82) is 5.26 Å². The number of hydrogen-bond donors (Lipinski definition) is 0. The number of aromatic nitrogens is 3. The highest BCUT2D eigenvalue weighted by molar-refractivity contribution is 8.00. The van der Waals surface area contributed by atoms with Crippen LogP contribution >= 0.6 is 11.8 Å². The van der Waals surface area contributed by atoms with Gasteiger partial charge >= 0.3 is 0 Å². The van der Waals surface area contributed by atoms with E-state index < -0.39 is 0 Å². The molecule has 0 N–H and O–H groups in total. The van der Waals surface area contributed by atoms with Crippen molar-refractivity contribution in [3.8, 4) is 17.5 Å². The van der Waals surface area contributed by atoms with E-state index in [1.807, 2.05) is 36.7 Å². The lowest BCUT2D eigenvalue weighted by molar-refractivity contribution is 0.792. The van der Waals surface area contributed by atoms with Crippen molar-refractivity contribution in [2.24, 2.45) is 7.05 Å². The lowest BCUT2D eigenvalue weighted by Gasteiger charge is -2.06. The first-order chi connectivity index (χ1) is 8.63. The molecule has 0 fully saturated rings. The summed E-state index contributed by atoms with van der Waals surface area (Å²) in [5, 5.41) is 17.8. The molecule has 0 saturated heterocycles. The highest BCUT2D eigenvalue weighted by atomic mass is 32.2. The van der Waals surface area contributed by atoms with Crippen molar-refractivity contribution in [3.05, 3.63) is 29.8 Å². The summed E-state index contributed by atoms with van der Waals surface area (Å²) in [6.45, 7) is 3.90. The molecule has 0 bridgehead atoms. The zero-order valence-corrected chi connectivity index (χ0v) is 11.4. The summed E-state index contributed by atoms with van der Waals surface area (Å²) in [6, 6.07) is 10.3. The SMILES string of the molecule is Cc1ccccc1-c1nnc(SC(C)C#N)n1C. The number of aryl methyl sites for hydroxylation is 1. The fourth-order valence-electron chi connectivity index (χ4n) is 1.66. The molecule has 1 unspecified atom stereocenters. The number of rotatable bonds is 3. The van der Waals surface area contributed by atoms with Gasteiger partial charge in [-0.15, -0.1) is 10.2 Å². The molecule has 2 rings (SSSR count). The fourth-order valence-corrected chi connectivity index (χ4v) is 2.36. The molecule has 1 atom stereocenters. The van der Waals surface area contributed by atoms with Crippen LogP contribution in [0.3, 0.4) is 0 Å². The Bertz CT molecular complexity index is 597. The lowest BCUT2D eigenvalue weighted by Crippen LogP contribution is -1.99. The zero-order valence-electron chi connectivity index (χ0n) is 10.6. The summed E-state index contributed by atoms with van der Waals surface area (Å²) in [7, 11) is 1.92. The summed E-state index contributed by atoms with van der Waals surface area (Å²) in [5.41, 5.74) is 2.24. The Kier molecular flexibility index (Phi) is 3.68. The predicted octanol–water partition coefficient (Wildman–Crippen LogP) is 2.79. The second-order valence-corrected chi connectivity index (χ2v) is 5.38. The Balaban J connectivity index is 2.38. The largest absolute Gasteiger partial charge is 0.305 e. The molecule has 0 aliphatic carbocycles. The van der Waals surface area contributed by atoms with Crippen molar-refractivity contribution in [1.82, 2.24) is 14.8 Å². The van der Waals surface area contributed by atoms with E-state index in [1.165, 1.54) is 11.8 Å². The van der Waals surface area contributed by atoms with Gasteiger partial charge < -0.3 is 4.57 Å². The fraction of sp³-hybridized carbons (Fsp3) is 0.308. The Morgan fingerprint density at radius 3 is 2.72 bits per heavy atom. The molecule has 0 spiro atoms. The monoisotopic (exact) mass is 258 g/mol. The van der Waals surface area contributed by atoms with Gasteiger partial charge in [-0.3, -0.25) is 0 Å². The van der Waals surface area contributed by atoms with Gasteiger partial charge in [-0.2, -0.15) is 5.26 Å². The van der Waals surface area contributed by atoms with E-state index in [2.05, 4.69) is 29.3 Å². The maximum absolute atomic E-state index is 8.83. The zero-order chi connectivity index (χ0) is 13.1. The Morgan fingerprint density at radius 1 is 1.33 bits per heavy atom. The average Bonchev–Trinajstić information content (AvgIpc) is 2.72. The van der Waals surface area contributed by atoms with Gasteiger partial charge in [0, 0.05) is 12.6 Å². The van der Waals surface area contributed by atoms with Crippen molar-refractivity contribution < 1.29 is 0 Å². The van der Waals surface area contributed by atoms with E-state index in [1.54, 1.807) is 0 Å². The smallest absolute Gasteiger partial charge is 0.192 e. The van der Waals surface area contributed by atoms with Crippen LogP contribution < -0.4 is 0 Å². The topological polar surface area (TPSA) is 54.5 Å². The van der Waals surface area contributed by atoms with Crippen LogP contribution in [0.1, 0.15) is 12.5 Å². The highest BCUT2D eigenvalue weighted by Crippen LogP contribution is 2.26. The lowest BCUT2D eigenvalue weighted by atomic mass is 10.1. The standard InChI is InChI=1S/C13H14N4S/c1-9-6-4-5-7-11(9)12-15-16-13(17(12)3)18-10(2)8-14/h4-7,10H,1-3H3. The second-order valence-electron chi connectivity index (χ2n) is 4.07. The quantitative estimate of drug-likeness (QED) is 0.794. The summed E-state index contributed by atoms with van der Waals surface area (Å²) < 4.78 is 1.93. The van der Waals surface area contributed by atoms with Crippen LogP contribution in [0, 0.1) is 18.3 Å². The molecule has 1 aromatic carbocycles. The maximum atomic E-state index is 8.83. The number of nitriles is 1. The minimum absolute atomic E-state index is 0.127. The molecule has 2 aromatic rings. The molecular formula is C13H14N4S. The first-order valence-corrected chi connectivity index (χ1v) is 6.53. The van der Waals surface area contributed by atoms with Crippen LogP contribution in [0.2, 0.25) is 0 Å². The van der Waals surface area contributed by atoms with Gasteiger partial charge in [0.1, 0.15) is 0 Å². The summed E-state index contributed by atoms with van der Waals surface area (Å²) in [6.07, 6.45) is 0. The molecule has 0 saturated carbocycles. The molecule has 1 aromatic heterocycles. The number of benzene rings is 1. The van der Waals surface area contributed by atoms with Gasteiger partial charge in [0.05, 0.1) is 11.3 Å². The Labute approximate surface area is 111 Å². The molecule has 0 amide bonds. The van der Waals surface area contributed by atoms with Crippen LogP contribution in [0.5, 0.6) is 0 Å². The number of hydrogen-bond acceptors (Lipinski definition) is 4. The van der Waals surface area contributed by atoms with Crippen LogP contribution in [0.4, 0.5) is 0 Å². The van der Waals surface area contributed by atoms with Gasteiger partial charge in [0.15, 0.2) is 11.0 Å². The van der Waals surface area contributed by atoms with Crippen molar-refractivity contribution >= 4 is 11.8 Å². The number of thioether (sulfide) groups is 1. The van der Waals surface area contributed by atoms with Gasteiger partial charge in [-0.1, -0.05) is 36.0 Å². The number of nitrogens with zero attached hydrogens (tertiary/aromatic N) is 4. The van der Waals surface area contributed by atoms with E-state index in [4.69, 9.17) is 5.26 Å². The van der Waals surface area contributed by atoms with E-state index in [-0.39, 0.29) is 5.25 Å². The molecule has 18 heavy (non-hydrogen) atoms. The molecular weight excluding hydrogens is 244 g/mol. The van der Waals surface area contributed by atoms with E-state index in [9.17, 15) is 0 Å². The van der Waals surface area contributed by atoms with Crippen LogP contribution in [-0.2, 0) is 7.05 Å². The Morgan fingerprint density at radius 2 is 2.06 bits per heavy atom. The minimum atomic E-state index is -0.127. The molecule has 1 heterocycles. The van der Waals surface area contributed by atoms with Crippen molar-refractivity contribution in [3.63, 3.8) is 0 Å². The Hall–Kier alpha value is -1.80. The molecule has 0 aliphatic rings.